The fraction of sp³-hybridized carbons (Fsp3) is 0.211. The molecule has 7 heteroatoms. The summed E-state index contributed by atoms with van der Waals surface area (Å²) in [4.78, 5) is 14.2. The largest absolute Gasteiger partial charge is 0.336 e. The van der Waals surface area contributed by atoms with E-state index in [0.717, 1.165) is 5.56 Å². The van der Waals surface area contributed by atoms with E-state index in [9.17, 15) is 13.2 Å². The normalized spacial score (nSPS) is 16.1. The molecule has 3 rings (SSSR count). The third-order valence-corrected chi connectivity index (χ3v) is 5.99. The molecule has 0 spiro atoms. The van der Waals surface area contributed by atoms with E-state index in [1.54, 1.807) is 35.2 Å². The average Bonchev–Trinajstić information content (AvgIpc) is 2.67. The third kappa shape index (κ3) is 4.52. The Balaban J connectivity index is 1.62. The van der Waals surface area contributed by atoms with E-state index in [1.807, 2.05) is 30.3 Å². The van der Waals surface area contributed by atoms with Crippen LogP contribution in [0.3, 0.4) is 0 Å². The molecule has 1 saturated heterocycles. The molecule has 0 unspecified atom stereocenters. The first-order chi connectivity index (χ1) is 12.5. The van der Waals surface area contributed by atoms with E-state index in [4.69, 9.17) is 11.6 Å². The predicted molar refractivity (Wildman–Crippen MR) is 103 cm³/mol. The predicted octanol–water partition coefficient (Wildman–Crippen LogP) is 3.10. The van der Waals surface area contributed by atoms with Crippen LogP contribution in [0, 0.1) is 0 Å². The lowest BCUT2D eigenvalue weighted by atomic mass is 10.2. The van der Waals surface area contributed by atoms with E-state index in [0.29, 0.717) is 23.7 Å². The molecule has 1 fully saturated rings. The third-order valence-electron chi connectivity index (χ3n) is 4.19. The molecule has 1 heterocycles. The second-order valence-electron chi connectivity index (χ2n) is 5.96. The Morgan fingerprint density at radius 2 is 1.65 bits per heavy atom. The maximum absolute atomic E-state index is 12.5. The van der Waals surface area contributed by atoms with Gasteiger partial charge in [0.2, 0.25) is 10.0 Å². The van der Waals surface area contributed by atoms with Crippen LogP contribution in [0.1, 0.15) is 15.9 Å². The summed E-state index contributed by atoms with van der Waals surface area (Å²) < 4.78 is 26.3. The number of rotatable bonds is 4. The van der Waals surface area contributed by atoms with Crippen molar-refractivity contribution in [2.24, 2.45) is 0 Å². The number of nitrogens with zero attached hydrogens (tertiary/aromatic N) is 2. The molecule has 2 aromatic carbocycles. The monoisotopic (exact) mass is 390 g/mol. The summed E-state index contributed by atoms with van der Waals surface area (Å²) in [7, 11) is -3.51. The molecule has 26 heavy (non-hydrogen) atoms. The van der Waals surface area contributed by atoms with Crippen LogP contribution in [0.25, 0.3) is 6.08 Å². The van der Waals surface area contributed by atoms with Crippen molar-refractivity contribution in [3.8, 4) is 0 Å². The molecule has 1 aliphatic heterocycles. The fourth-order valence-electron chi connectivity index (χ4n) is 2.76. The van der Waals surface area contributed by atoms with Crippen LogP contribution in [0.5, 0.6) is 0 Å². The number of carbonyl (C=O) groups excluding carboxylic acids is 1. The topological polar surface area (TPSA) is 57.7 Å². The molecule has 136 valence electrons. The molecule has 0 bridgehead atoms. The highest BCUT2D eigenvalue weighted by atomic mass is 35.5. The summed E-state index contributed by atoms with van der Waals surface area (Å²) >= 11 is 5.93. The molecule has 5 nitrogen and oxygen atoms in total. The smallest absolute Gasteiger partial charge is 0.253 e. The fourth-order valence-corrected chi connectivity index (χ4v) is 4.13. The number of hydrogen-bond acceptors (Lipinski definition) is 3. The van der Waals surface area contributed by atoms with Gasteiger partial charge in [0.1, 0.15) is 0 Å². The van der Waals surface area contributed by atoms with Gasteiger partial charge in [0.05, 0.1) is 0 Å². The van der Waals surface area contributed by atoms with E-state index in [-0.39, 0.29) is 19.0 Å². The van der Waals surface area contributed by atoms with Crippen LogP contribution in [0.4, 0.5) is 0 Å². The zero-order valence-corrected chi connectivity index (χ0v) is 15.7. The van der Waals surface area contributed by atoms with Crippen molar-refractivity contribution in [2.75, 3.05) is 26.2 Å². The van der Waals surface area contributed by atoms with Crippen molar-refractivity contribution in [1.82, 2.24) is 9.21 Å². The summed E-state index contributed by atoms with van der Waals surface area (Å²) in [5, 5.41) is 1.72. The second-order valence-corrected chi connectivity index (χ2v) is 8.21. The minimum Gasteiger partial charge on any atom is -0.336 e. The van der Waals surface area contributed by atoms with Crippen LogP contribution < -0.4 is 0 Å². The maximum atomic E-state index is 12.5. The Morgan fingerprint density at radius 1 is 0.962 bits per heavy atom. The Bertz CT molecular complexity index is 905. The van der Waals surface area contributed by atoms with Crippen molar-refractivity contribution < 1.29 is 13.2 Å². The summed E-state index contributed by atoms with van der Waals surface area (Å²) in [6.07, 6.45) is 1.58. The van der Waals surface area contributed by atoms with Gasteiger partial charge in [-0.15, -0.1) is 0 Å². The second kappa shape index (κ2) is 8.03. The molecule has 0 atom stereocenters. The molecule has 0 radical (unpaired) electrons. The Hall–Kier alpha value is -2.15. The molecule has 0 N–H and O–H groups in total. The molecular formula is C19H19ClN2O3S. The highest BCUT2D eigenvalue weighted by molar-refractivity contribution is 7.92. The maximum Gasteiger partial charge on any atom is 0.253 e. The van der Waals surface area contributed by atoms with Crippen molar-refractivity contribution in [2.45, 2.75) is 0 Å². The number of sulfonamides is 1. The Morgan fingerprint density at radius 3 is 2.31 bits per heavy atom. The summed E-state index contributed by atoms with van der Waals surface area (Å²) in [6, 6.07) is 16.0. The van der Waals surface area contributed by atoms with Gasteiger partial charge in [-0.25, -0.2) is 8.42 Å². The zero-order chi connectivity index (χ0) is 18.6. The van der Waals surface area contributed by atoms with Crippen molar-refractivity contribution in [3.63, 3.8) is 0 Å². The summed E-state index contributed by atoms with van der Waals surface area (Å²) in [6.45, 7) is 1.25. The molecular weight excluding hydrogens is 372 g/mol. The Labute approximate surface area is 158 Å². The van der Waals surface area contributed by atoms with Gasteiger partial charge in [0.15, 0.2) is 0 Å². The average molecular weight is 391 g/mol. The number of carbonyl (C=O) groups is 1. The number of piperazine rings is 1. The van der Waals surface area contributed by atoms with E-state index < -0.39 is 10.0 Å². The highest BCUT2D eigenvalue weighted by Crippen LogP contribution is 2.16. The van der Waals surface area contributed by atoms with Crippen molar-refractivity contribution >= 4 is 33.6 Å². The van der Waals surface area contributed by atoms with Gasteiger partial charge in [0, 0.05) is 42.2 Å². The standard InChI is InChI=1S/C19H19ClN2O3S/c20-18-8-4-7-17(15-18)19(23)21-10-12-22(13-11-21)26(24,25)14-9-16-5-2-1-3-6-16/h1-9,14-15H,10-13H2/b14-9+. The van der Waals surface area contributed by atoms with Crippen molar-refractivity contribution in [1.29, 1.82) is 0 Å². The quantitative estimate of drug-likeness (QED) is 0.806. The van der Waals surface area contributed by atoms with Crippen LogP contribution >= 0.6 is 11.6 Å². The lowest BCUT2D eigenvalue weighted by Crippen LogP contribution is -2.50. The molecule has 2 aromatic rings. The molecule has 1 aliphatic rings. The van der Waals surface area contributed by atoms with Crippen LogP contribution in [0.2, 0.25) is 5.02 Å². The van der Waals surface area contributed by atoms with Gasteiger partial charge in [-0.2, -0.15) is 4.31 Å². The number of hydrogen-bond donors (Lipinski definition) is 0. The first-order valence-corrected chi connectivity index (χ1v) is 10.1. The van der Waals surface area contributed by atoms with Crippen molar-refractivity contribution in [3.05, 3.63) is 76.2 Å². The van der Waals surface area contributed by atoms with Gasteiger partial charge in [-0.1, -0.05) is 48.0 Å². The SMILES string of the molecule is O=C(c1cccc(Cl)c1)N1CCN(S(=O)(=O)/C=C/c2ccccc2)CC1. The zero-order valence-electron chi connectivity index (χ0n) is 14.1. The number of halogens is 1. The minimum absolute atomic E-state index is 0.135. The van der Waals surface area contributed by atoms with Gasteiger partial charge in [-0.05, 0) is 29.8 Å². The van der Waals surface area contributed by atoms with Gasteiger partial charge in [0.25, 0.3) is 5.91 Å². The molecule has 1 amide bonds. The van der Waals surface area contributed by atoms with E-state index >= 15 is 0 Å². The molecule has 0 aliphatic carbocycles. The highest BCUT2D eigenvalue weighted by Gasteiger charge is 2.27. The number of benzene rings is 2. The van der Waals surface area contributed by atoms with Gasteiger partial charge >= 0.3 is 0 Å². The van der Waals surface area contributed by atoms with E-state index in [2.05, 4.69) is 0 Å². The van der Waals surface area contributed by atoms with Crippen LogP contribution in [-0.2, 0) is 10.0 Å². The first kappa shape index (κ1) is 18.6. The number of amides is 1. The minimum atomic E-state index is -3.51. The first-order valence-electron chi connectivity index (χ1n) is 8.24. The molecule has 0 aromatic heterocycles. The summed E-state index contributed by atoms with van der Waals surface area (Å²) in [5.41, 5.74) is 1.34. The lowest BCUT2D eigenvalue weighted by molar-refractivity contribution is 0.0698. The summed E-state index contributed by atoms with van der Waals surface area (Å²) in [5.74, 6) is -0.135. The van der Waals surface area contributed by atoms with Crippen LogP contribution in [-0.4, -0.2) is 49.7 Å². The lowest BCUT2D eigenvalue weighted by Gasteiger charge is -2.33. The Kier molecular flexibility index (Phi) is 5.76. The molecule has 0 saturated carbocycles. The van der Waals surface area contributed by atoms with Crippen LogP contribution in [0.15, 0.2) is 60.0 Å². The van der Waals surface area contributed by atoms with Gasteiger partial charge in [-0.3, -0.25) is 4.79 Å². The van der Waals surface area contributed by atoms with Gasteiger partial charge < -0.3 is 4.90 Å². The van der Waals surface area contributed by atoms with E-state index in [1.165, 1.54) is 9.71 Å².